The molecule has 0 saturated heterocycles. The van der Waals surface area contributed by atoms with Gasteiger partial charge < -0.3 is 9.47 Å². The van der Waals surface area contributed by atoms with Crippen molar-refractivity contribution in [1.82, 2.24) is 0 Å². The summed E-state index contributed by atoms with van der Waals surface area (Å²) in [6.07, 6.45) is 1.96. The smallest absolute Gasteiger partial charge is 0.185 e. The van der Waals surface area contributed by atoms with Gasteiger partial charge in [0.15, 0.2) is 6.29 Å². The van der Waals surface area contributed by atoms with Crippen molar-refractivity contribution in [2.24, 2.45) is 0 Å². The lowest BCUT2D eigenvalue weighted by atomic mass is 10.2. The highest BCUT2D eigenvalue weighted by molar-refractivity contribution is 9.10. The molecule has 0 radical (unpaired) electrons. The molecule has 0 unspecified atom stereocenters. The fourth-order valence-corrected chi connectivity index (χ4v) is 3.25. The van der Waals surface area contributed by atoms with Crippen molar-refractivity contribution < 1.29 is 9.47 Å². The topological polar surface area (TPSA) is 18.5 Å². The molecule has 0 aliphatic rings. The maximum atomic E-state index is 5.27. The molecule has 0 amide bonds. The Morgan fingerprint density at radius 3 is 2.57 bits per heavy atom. The molecule has 4 heteroatoms. The Balaban J connectivity index is 2.96. The highest BCUT2D eigenvalue weighted by Gasteiger charge is 2.18. The molecular formula is C10H15BrO2S. The van der Waals surface area contributed by atoms with Crippen LogP contribution in [0, 0.1) is 0 Å². The normalized spacial score (nSPS) is 11.2. The Kier molecular flexibility index (Phi) is 5.09. The first kappa shape index (κ1) is 12.2. The monoisotopic (exact) mass is 278 g/mol. The van der Waals surface area contributed by atoms with Gasteiger partial charge >= 0.3 is 0 Å². The summed E-state index contributed by atoms with van der Waals surface area (Å²) in [5.41, 5.74) is 1.14. The average molecular weight is 279 g/mol. The van der Waals surface area contributed by atoms with Gasteiger partial charge in [0.2, 0.25) is 0 Å². The van der Waals surface area contributed by atoms with E-state index in [4.69, 9.17) is 9.47 Å². The minimum absolute atomic E-state index is 0.253. The Labute approximate surface area is 97.4 Å². The summed E-state index contributed by atoms with van der Waals surface area (Å²) in [6.45, 7) is 2.17. The van der Waals surface area contributed by atoms with Gasteiger partial charge in [0.25, 0.3) is 0 Å². The molecule has 0 spiro atoms. The van der Waals surface area contributed by atoms with E-state index in [1.807, 2.05) is 0 Å². The van der Waals surface area contributed by atoms with Crippen molar-refractivity contribution in [1.29, 1.82) is 0 Å². The van der Waals surface area contributed by atoms with Crippen LogP contribution in [0.25, 0.3) is 0 Å². The summed E-state index contributed by atoms with van der Waals surface area (Å²) in [5, 5.41) is 2.09. The summed E-state index contributed by atoms with van der Waals surface area (Å²) in [4.78, 5) is 1.34. The van der Waals surface area contributed by atoms with Gasteiger partial charge in [-0.2, -0.15) is 0 Å². The van der Waals surface area contributed by atoms with Gasteiger partial charge in [-0.25, -0.2) is 0 Å². The summed E-state index contributed by atoms with van der Waals surface area (Å²) in [6, 6.07) is 0. The van der Waals surface area contributed by atoms with Crippen LogP contribution in [-0.2, 0) is 15.9 Å². The van der Waals surface area contributed by atoms with Crippen LogP contribution in [0.15, 0.2) is 9.85 Å². The lowest BCUT2D eigenvalue weighted by molar-refractivity contribution is -0.106. The quantitative estimate of drug-likeness (QED) is 0.764. The number of ether oxygens (including phenoxy) is 2. The average Bonchev–Trinajstić information content (AvgIpc) is 2.53. The molecule has 14 heavy (non-hydrogen) atoms. The largest absolute Gasteiger partial charge is 0.352 e. The van der Waals surface area contributed by atoms with E-state index >= 15 is 0 Å². The second kappa shape index (κ2) is 5.85. The van der Waals surface area contributed by atoms with E-state index in [0.29, 0.717) is 0 Å². The summed E-state index contributed by atoms with van der Waals surface area (Å²) in [7, 11) is 3.32. The Morgan fingerprint density at radius 2 is 2.07 bits per heavy atom. The van der Waals surface area contributed by atoms with Gasteiger partial charge in [-0.3, -0.25) is 0 Å². The predicted octanol–water partition coefficient (Wildman–Crippen LogP) is 3.75. The number of halogens is 1. The van der Waals surface area contributed by atoms with Gasteiger partial charge in [-0.05, 0) is 22.4 Å². The maximum Gasteiger partial charge on any atom is 0.185 e. The van der Waals surface area contributed by atoms with Gasteiger partial charge in [0.1, 0.15) is 0 Å². The Bertz CT molecular complexity index is 282. The number of thiophene rings is 1. The van der Waals surface area contributed by atoms with Crippen molar-refractivity contribution in [3.05, 3.63) is 20.3 Å². The van der Waals surface area contributed by atoms with Crippen LogP contribution >= 0.6 is 27.3 Å². The van der Waals surface area contributed by atoms with Crippen LogP contribution in [0.2, 0.25) is 0 Å². The number of aryl methyl sites for hydroxylation is 1. The van der Waals surface area contributed by atoms with Crippen molar-refractivity contribution in [3.8, 4) is 0 Å². The molecule has 1 rings (SSSR count). The summed E-state index contributed by atoms with van der Waals surface area (Å²) >= 11 is 5.27. The van der Waals surface area contributed by atoms with E-state index in [-0.39, 0.29) is 6.29 Å². The zero-order valence-electron chi connectivity index (χ0n) is 8.67. The maximum absolute atomic E-state index is 5.27. The minimum Gasteiger partial charge on any atom is -0.352 e. The number of hydrogen-bond acceptors (Lipinski definition) is 3. The third-order valence-corrected chi connectivity index (χ3v) is 4.02. The SMILES string of the molecule is CCCc1scc(Br)c1C(OC)OC. The minimum atomic E-state index is -0.253. The molecular weight excluding hydrogens is 264 g/mol. The van der Waals surface area contributed by atoms with Gasteiger partial charge in [-0.1, -0.05) is 13.3 Å². The number of hydrogen-bond donors (Lipinski definition) is 0. The number of methoxy groups -OCH3 is 2. The van der Waals surface area contributed by atoms with E-state index < -0.39 is 0 Å². The lowest BCUT2D eigenvalue weighted by Gasteiger charge is -2.14. The van der Waals surface area contributed by atoms with Crippen LogP contribution in [0.5, 0.6) is 0 Å². The summed E-state index contributed by atoms with van der Waals surface area (Å²) in [5.74, 6) is 0. The predicted molar refractivity (Wildman–Crippen MR) is 62.8 cm³/mol. The molecule has 0 bridgehead atoms. The second-order valence-corrected chi connectivity index (χ2v) is 4.79. The highest BCUT2D eigenvalue weighted by atomic mass is 79.9. The van der Waals surface area contributed by atoms with Crippen molar-refractivity contribution in [2.75, 3.05) is 14.2 Å². The highest BCUT2D eigenvalue weighted by Crippen LogP contribution is 2.35. The fraction of sp³-hybridized carbons (Fsp3) is 0.600. The third-order valence-electron chi connectivity index (χ3n) is 2.00. The van der Waals surface area contributed by atoms with Crippen molar-refractivity contribution >= 4 is 27.3 Å². The first-order chi connectivity index (χ1) is 6.74. The molecule has 2 nitrogen and oxygen atoms in total. The molecule has 0 aromatic carbocycles. The van der Waals surface area contributed by atoms with Crippen LogP contribution in [0.4, 0.5) is 0 Å². The molecule has 0 atom stereocenters. The Hall–Kier alpha value is 0.1000. The van der Waals surface area contributed by atoms with Crippen LogP contribution < -0.4 is 0 Å². The van der Waals surface area contributed by atoms with Crippen LogP contribution in [0.1, 0.15) is 30.1 Å². The Morgan fingerprint density at radius 1 is 1.43 bits per heavy atom. The summed E-state index contributed by atoms with van der Waals surface area (Å²) < 4.78 is 11.6. The third kappa shape index (κ3) is 2.57. The zero-order chi connectivity index (χ0) is 10.6. The van der Waals surface area contributed by atoms with E-state index in [1.54, 1.807) is 25.6 Å². The van der Waals surface area contributed by atoms with E-state index in [0.717, 1.165) is 22.9 Å². The fourth-order valence-electron chi connectivity index (χ4n) is 1.38. The van der Waals surface area contributed by atoms with Gasteiger partial charge in [0.05, 0.1) is 0 Å². The van der Waals surface area contributed by atoms with E-state index in [9.17, 15) is 0 Å². The first-order valence-electron chi connectivity index (χ1n) is 4.55. The van der Waals surface area contributed by atoms with E-state index in [2.05, 4.69) is 28.2 Å². The molecule has 0 saturated carbocycles. The molecule has 0 N–H and O–H groups in total. The van der Waals surface area contributed by atoms with Crippen LogP contribution in [0.3, 0.4) is 0 Å². The van der Waals surface area contributed by atoms with Crippen molar-refractivity contribution in [3.63, 3.8) is 0 Å². The molecule has 1 aromatic heterocycles. The molecule has 1 aromatic rings. The van der Waals surface area contributed by atoms with Gasteiger partial charge in [-0.15, -0.1) is 11.3 Å². The van der Waals surface area contributed by atoms with Crippen LogP contribution in [-0.4, -0.2) is 14.2 Å². The second-order valence-electron chi connectivity index (χ2n) is 2.97. The van der Waals surface area contributed by atoms with E-state index in [1.165, 1.54) is 4.88 Å². The molecule has 0 fully saturated rings. The molecule has 0 aliphatic heterocycles. The first-order valence-corrected chi connectivity index (χ1v) is 6.23. The molecule has 0 aliphatic carbocycles. The van der Waals surface area contributed by atoms with Crippen molar-refractivity contribution in [2.45, 2.75) is 26.1 Å². The zero-order valence-corrected chi connectivity index (χ0v) is 11.1. The molecule has 1 heterocycles. The van der Waals surface area contributed by atoms with Gasteiger partial charge in [0, 0.05) is 34.5 Å². The molecule has 80 valence electrons. The standard InChI is InChI=1S/C10H15BrO2S/c1-4-5-8-9(7(11)6-14-8)10(12-2)13-3/h6,10H,4-5H2,1-3H3. The lowest BCUT2D eigenvalue weighted by Crippen LogP contribution is -2.05. The number of rotatable bonds is 5.